The highest BCUT2D eigenvalue weighted by molar-refractivity contribution is 7.17. The van der Waals surface area contributed by atoms with Crippen LogP contribution in [-0.2, 0) is 6.18 Å². The third-order valence-corrected chi connectivity index (χ3v) is 4.98. The number of anilines is 1. The van der Waals surface area contributed by atoms with E-state index in [-0.39, 0.29) is 4.88 Å². The molecule has 3 aromatic rings. The van der Waals surface area contributed by atoms with E-state index in [0.717, 1.165) is 35.6 Å². The van der Waals surface area contributed by atoms with Gasteiger partial charge in [0.25, 0.3) is 5.91 Å². The summed E-state index contributed by atoms with van der Waals surface area (Å²) in [4.78, 5) is 12.8. The van der Waals surface area contributed by atoms with Gasteiger partial charge >= 0.3 is 6.18 Å². The van der Waals surface area contributed by atoms with Crippen LogP contribution in [0.1, 0.15) is 20.8 Å². The summed E-state index contributed by atoms with van der Waals surface area (Å²) in [5.74, 6) is -2.59. The fourth-order valence-electron chi connectivity index (χ4n) is 2.46. The minimum atomic E-state index is -4.48. The van der Waals surface area contributed by atoms with Crippen LogP contribution in [0.5, 0.6) is 0 Å². The number of hydrogen-bond donors (Lipinski definition) is 1. The molecular formula is C19H12F5NOS. The van der Waals surface area contributed by atoms with E-state index in [1.807, 2.05) is 0 Å². The number of alkyl halides is 3. The van der Waals surface area contributed by atoms with Gasteiger partial charge < -0.3 is 5.32 Å². The van der Waals surface area contributed by atoms with Gasteiger partial charge in [-0.2, -0.15) is 13.2 Å². The number of hydrogen-bond acceptors (Lipinski definition) is 2. The maximum Gasteiger partial charge on any atom is 0.416 e. The molecule has 1 amide bonds. The SMILES string of the molecule is Cc1ccc(C(F)(F)F)cc1-c1ccc(C(=O)Nc2c(F)cccc2F)s1. The summed E-state index contributed by atoms with van der Waals surface area (Å²) in [5.41, 5.74) is -0.425. The Kier molecular flexibility index (Phi) is 5.01. The van der Waals surface area contributed by atoms with Crippen LogP contribution < -0.4 is 5.32 Å². The molecule has 1 aromatic heterocycles. The fourth-order valence-corrected chi connectivity index (χ4v) is 3.44. The number of thiophene rings is 1. The lowest BCUT2D eigenvalue weighted by Crippen LogP contribution is -2.12. The van der Waals surface area contributed by atoms with Gasteiger partial charge in [-0.3, -0.25) is 4.79 Å². The number of nitrogens with one attached hydrogen (secondary N) is 1. The van der Waals surface area contributed by atoms with Crippen molar-refractivity contribution in [2.45, 2.75) is 13.1 Å². The summed E-state index contributed by atoms with van der Waals surface area (Å²) >= 11 is 0.934. The smallest absolute Gasteiger partial charge is 0.316 e. The molecule has 0 atom stereocenters. The van der Waals surface area contributed by atoms with Crippen LogP contribution in [0.4, 0.5) is 27.6 Å². The first-order chi connectivity index (χ1) is 12.7. The fraction of sp³-hybridized carbons (Fsp3) is 0.105. The van der Waals surface area contributed by atoms with Gasteiger partial charge in [-0.1, -0.05) is 12.1 Å². The summed E-state index contributed by atoms with van der Waals surface area (Å²) < 4.78 is 66.1. The monoisotopic (exact) mass is 397 g/mol. The molecule has 1 heterocycles. The predicted molar refractivity (Wildman–Crippen MR) is 93.8 cm³/mol. The largest absolute Gasteiger partial charge is 0.416 e. The van der Waals surface area contributed by atoms with Crippen molar-refractivity contribution in [3.05, 3.63) is 76.2 Å². The molecule has 3 rings (SSSR count). The quantitative estimate of drug-likeness (QED) is 0.519. The van der Waals surface area contributed by atoms with E-state index >= 15 is 0 Å². The molecule has 0 radical (unpaired) electrons. The van der Waals surface area contributed by atoms with E-state index in [1.54, 1.807) is 6.92 Å². The summed E-state index contributed by atoms with van der Waals surface area (Å²) in [6.07, 6.45) is -4.48. The number of para-hydroxylation sites is 1. The molecule has 0 spiro atoms. The molecule has 0 aliphatic carbocycles. The third kappa shape index (κ3) is 4.00. The summed E-state index contributed by atoms with van der Waals surface area (Å²) in [5, 5.41) is 2.15. The lowest BCUT2D eigenvalue weighted by Gasteiger charge is -2.10. The Morgan fingerprint density at radius 1 is 1.00 bits per heavy atom. The second kappa shape index (κ2) is 7.11. The van der Waals surface area contributed by atoms with E-state index in [2.05, 4.69) is 5.32 Å². The van der Waals surface area contributed by atoms with Crippen molar-refractivity contribution in [1.29, 1.82) is 0 Å². The first-order valence-electron chi connectivity index (χ1n) is 7.70. The van der Waals surface area contributed by atoms with Gasteiger partial charge in [0.05, 0.1) is 10.4 Å². The van der Waals surface area contributed by atoms with E-state index in [9.17, 15) is 26.7 Å². The van der Waals surface area contributed by atoms with Crippen molar-refractivity contribution in [3.63, 3.8) is 0 Å². The molecule has 1 N–H and O–H groups in total. The van der Waals surface area contributed by atoms with Gasteiger partial charge in [-0.05, 0) is 54.4 Å². The zero-order chi connectivity index (χ0) is 19.8. The number of carbonyl (C=O) groups is 1. The molecule has 0 saturated carbocycles. The van der Waals surface area contributed by atoms with Crippen LogP contribution >= 0.6 is 11.3 Å². The minimum Gasteiger partial charge on any atom is -0.316 e. The van der Waals surface area contributed by atoms with E-state index in [4.69, 9.17) is 0 Å². The molecule has 0 aliphatic heterocycles. The van der Waals surface area contributed by atoms with Crippen LogP contribution in [0.25, 0.3) is 10.4 Å². The Labute approximate surface area is 155 Å². The minimum absolute atomic E-state index is 0.115. The van der Waals surface area contributed by atoms with Gasteiger partial charge in [0.1, 0.15) is 17.3 Å². The average molecular weight is 397 g/mol. The second-order valence-corrected chi connectivity index (χ2v) is 6.83. The van der Waals surface area contributed by atoms with Crippen LogP contribution in [0.3, 0.4) is 0 Å². The zero-order valence-corrected chi connectivity index (χ0v) is 14.6. The number of carbonyl (C=O) groups excluding carboxylic acids is 1. The highest BCUT2D eigenvalue weighted by atomic mass is 32.1. The molecule has 0 fully saturated rings. The number of benzene rings is 2. The lowest BCUT2D eigenvalue weighted by molar-refractivity contribution is -0.137. The van der Waals surface area contributed by atoms with Crippen molar-refractivity contribution in [3.8, 4) is 10.4 Å². The third-order valence-electron chi connectivity index (χ3n) is 3.86. The number of aryl methyl sites for hydroxylation is 1. The standard InChI is InChI=1S/C19H12F5NOS/c1-10-5-6-11(19(22,23)24)9-12(10)15-7-8-16(27-15)18(26)25-17-13(20)3-2-4-14(17)21/h2-9H,1H3,(H,25,26). The van der Waals surface area contributed by atoms with Crippen molar-refractivity contribution in [1.82, 2.24) is 0 Å². The number of rotatable bonds is 3. The summed E-state index contributed by atoms with van der Waals surface area (Å²) in [7, 11) is 0. The van der Waals surface area contributed by atoms with Crippen LogP contribution in [0, 0.1) is 18.6 Å². The van der Waals surface area contributed by atoms with Crippen molar-refractivity contribution in [2.24, 2.45) is 0 Å². The maximum atomic E-state index is 13.6. The van der Waals surface area contributed by atoms with Crippen molar-refractivity contribution >= 4 is 22.9 Å². The summed E-state index contributed by atoms with van der Waals surface area (Å²) in [6, 6.07) is 9.43. The number of amides is 1. The Hall–Kier alpha value is -2.74. The van der Waals surface area contributed by atoms with Crippen molar-refractivity contribution in [2.75, 3.05) is 5.32 Å². The van der Waals surface area contributed by atoms with Crippen molar-refractivity contribution < 1.29 is 26.7 Å². The summed E-state index contributed by atoms with van der Waals surface area (Å²) in [6.45, 7) is 1.66. The van der Waals surface area contributed by atoms with Crippen LogP contribution in [0.15, 0.2) is 48.5 Å². The molecule has 0 unspecified atom stereocenters. The zero-order valence-electron chi connectivity index (χ0n) is 13.8. The maximum absolute atomic E-state index is 13.6. The highest BCUT2D eigenvalue weighted by Crippen LogP contribution is 2.36. The Bertz CT molecular complexity index is 989. The number of halogens is 5. The van der Waals surface area contributed by atoms with Gasteiger partial charge in [0.2, 0.25) is 0 Å². The Morgan fingerprint density at radius 3 is 2.30 bits per heavy atom. The van der Waals surface area contributed by atoms with Crippen LogP contribution in [0.2, 0.25) is 0 Å². The molecule has 0 saturated heterocycles. The second-order valence-electron chi connectivity index (χ2n) is 5.74. The van der Waals surface area contributed by atoms with Gasteiger partial charge in [-0.15, -0.1) is 11.3 Å². The molecule has 8 heteroatoms. The van der Waals surface area contributed by atoms with Gasteiger partial charge in [0, 0.05) is 4.88 Å². The molecule has 140 valence electrons. The van der Waals surface area contributed by atoms with E-state index in [0.29, 0.717) is 16.0 Å². The molecule has 0 bridgehead atoms. The Balaban J connectivity index is 1.90. The Morgan fingerprint density at radius 2 is 1.67 bits per heavy atom. The normalized spacial score (nSPS) is 11.5. The van der Waals surface area contributed by atoms with Gasteiger partial charge in [0.15, 0.2) is 0 Å². The molecule has 2 aromatic carbocycles. The average Bonchev–Trinajstić information content (AvgIpc) is 3.07. The first kappa shape index (κ1) is 19.0. The highest BCUT2D eigenvalue weighted by Gasteiger charge is 2.31. The molecule has 0 aliphatic rings. The predicted octanol–water partition coefficient (Wildman–Crippen LogP) is 6.27. The molecular weight excluding hydrogens is 385 g/mol. The topological polar surface area (TPSA) is 29.1 Å². The van der Waals surface area contributed by atoms with Crippen LogP contribution in [-0.4, -0.2) is 5.91 Å². The van der Waals surface area contributed by atoms with E-state index in [1.165, 1.54) is 24.3 Å². The molecule has 2 nitrogen and oxygen atoms in total. The lowest BCUT2D eigenvalue weighted by atomic mass is 10.0. The molecule has 27 heavy (non-hydrogen) atoms. The first-order valence-corrected chi connectivity index (χ1v) is 8.52. The van der Waals surface area contributed by atoms with E-state index < -0.39 is 35.0 Å². The van der Waals surface area contributed by atoms with Gasteiger partial charge in [-0.25, -0.2) is 8.78 Å².